The Balaban J connectivity index is 4.08. The summed E-state index contributed by atoms with van der Waals surface area (Å²) in [7, 11) is -4.29. The number of phosphoric acid groups is 1. The SMILES string of the molecule is CC/C=C\C/C=C\C/C=C\C/C=C\C/C=C\CCCCCCOCC(COP(=O)(O)OCCN)OC(=O)CCCCCCCCCCC/C=C\C/C=C\CCCCC. The second-order valence-corrected chi connectivity index (χ2v) is 16.3. The van der Waals surface area contributed by atoms with E-state index in [1.54, 1.807) is 0 Å². The number of carbonyl (C=O) groups is 1. The summed E-state index contributed by atoms with van der Waals surface area (Å²) >= 11 is 0. The van der Waals surface area contributed by atoms with Crippen LogP contribution in [0.25, 0.3) is 0 Å². The van der Waals surface area contributed by atoms with Crippen molar-refractivity contribution in [2.45, 2.75) is 187 Å². The van der Waals surface area contributed by atoms with Gasteiger partial charge in [0.25, 0.3) is 0 Å². The standard InChI is InChI=1S/C49H86NO7P/c1-3-5-7-9-11-13-15-17-19-21-23-25-27-29-31-33-35-37-39-41-44-54-46-48(47-56-58(52,53)55-45-43-50)57-49(51)42-40-38-36-34-32-30-28-26-24-22-20-18-16-14-12-10-8-6-4-2/h5,7,11-14,17-20,23,25,29,31,48H,3-4,6,8-10,15-16,21-22,24,26-28,30,32-47,50H2,1-2H3,(H,52,53)/b7-5-,13-11-,14-12-,19-17-,20-18-,25-23-,31-29-. The Kier molecular flexibility index (Phi) is 43.9. The zero-order chi connectivity index (χ0) is 42.3. The second kappa shape index (κ2) is 45.8. The molecule has 0 aliphatic rings. The molecular weight excluding hydrogens is 746 g/mol. The molecule has 0 spiro atoms. The maximum atomic E-state index is 12.6. The molecule has 0 aromatic carbocycles. The van der Waals surface area contributed by atoms with E-state index in [2.05, 4.69) is 98.9 Å². The van der Waals surface area contributed by atoms with Gasteiger partial charge in [-0.15, -0.1) is 0 Å². The van der Waals surface area contributed by atoms with Crippen LogP contribution in [0, 0.1) is 0 Å². The van der Waals surface area contributed by atoms with Crippen molar-refractivity contribution in [3.8, 4) is 0 Å². The van der Waals surface area contributed by atoms with Gasteiger partial charge in [-0.1, -0.05) is 170 Å². The number of allylic oxidation sites excluding steroid dienone is 14. The van der Waals surface area contributed by atoms with Gasteiger partial charge in [0, 0.05) is 19.6 Å². The lowest BCUT2D eigenvalue weighted by Crippen LogP contribution is -2.28. The molecule has 0 aromatic heterocycles. The third kappa shape index (κ3) is 44.8. The lowest BCUT2D eigenvalue weighted by atomic mass is 10.1. The van der Waals surface area contributed by atoms with Crippen LogP contribution in [0.2, 0.25) is 0 Å². The molecule has 0 radical (unpaired) electrons. The molecule has 0 aromatic rings. The van der Waals surface area contributed by atoms with Crippen molar-refractivity contribution in [3.05, 3.63) is 85.1 Å². The van der Waals surface area contributed by atoms with Crippen molar-refractivity contribution in [2.75, 3.05) is 33.0 Å². The zero-order valence-electron chi connectivity index (χ0n) is 37.0. The van der Waals surface area contributed by atoms with Crippen LogP contribution in [0.15, 0.2) is 85.1 Å². The van der Waals surface area contributed by atoms with Crippen molar-refractivity contribution in [3.63, 3.8) is 0 Å². The molecular formula is C49H86NO7P. The largest absolute Gasteiger partial charge is 0.472 e. The number of nitrogens with two attached hydrogens (primary N) is 1. The monoisotopic (exact) mass is 832 g/mol. The number of hydrogen-bond acceptors (Lipinski definition) is 7. The Morgan fingerprint density at radius 1 is 0.534 bits per heavy atom. The third-order valence-corrected chi connectivity index (χ3v) is 10.3. The zero-order valence-corrected chi connectivity index (χ0v) is 37.9. The quantitative estimate of drug-likeness (QED) is 0.0270. The van der Waals surface area contributed by atoms with Gasteiger partial charge in [0.2, 0.25) is 0 Å². The Morgan fingerprint density at radius 2 is 0.966 bits per heavy atom. The van der Waals surface area contributed by atoms with Gasteiger partial charge in [-0.3, -0.25) is 13.8 Å². The van der Waals surface area contributed by atoms with Crippen molar-refractivity contribution in [1.29, 1.82) is 0 Å². The highest BCUT2D eigenvalue weighted by molar-refractivity contribution is 7.47. The van der Waals surface area contributed by atoms with Gasteiger partial charge < -0.3 is 20.1 Å². The van der Waals surface area contributed by atoms with Gasteiger partial charge in [-0.2, -0.15) is 0 Å². The number of unbranched alkanes of at least 4 members (excludes halogenated alkanes) is 16. The van der Waals surface area contributed by atoms with E-state index in [-0.39, 0.29) is 32.3 Å². The second-order valence-electron chi connectivity index (χ2n) is 14.9. The molecule has 0 amide bonds. The van der Waals surface area contributed by atoms with Gasteiger partial charge in [-0.25, -0.2) is 4.57 Å². The van der Waals surface area contributed by atoms with Crippen LogP contribution in [0.3, 0.4) is 0 Å². The van der Waals surface area contributed by atoms with Crippen LogP contribution in [-0.2, 0) is 27.9 Å². The van der Waals surface area contributed by atoms with E-state index in [4.69, 9.17) is 24.3 Å². The Bertz CT molecular complexity index is 1160. The fourth-order valence-corrected chi connectivity index (χ4v) is 6.70. The molecule has 2 unspecified atom stereocenters. The summed E-state index contributed by atoms with van der Waals surface area (Å²) in [5, 5.41) is 0. The highest BCUT2D eigenvalue weighted by atomic mass is 31.2. The molecule has 0 saturated heterocycles. The maximum absolute atomic E-state index is 12.6. The van der Waals surface area contributed by atoms with Crippen LogP contribution in [0.5, 0.6) is 0 Å². The van der Waals surface area contributed by atoms with Crippen LogP contribution in [-0.4, -0.2) is 49.9 Å². The van der Waals surface area contributed by atoms with E-state index in [0.717, 1.165) is 89.9 Å². The van der Waals surface area contributed by atoms with Gasteiger partial charge in [-0.05, 0) is 89.9 Å². The van der Waals surface area contributed by atoms with E-state index in [0.29, 0.717) is 13.0 Å². The van der Waals surface area contributed by atoms with Gasteiger partial charge >= 0.3 is 13.8 Å². The summed E-state index contributed by atoms with van der Waals surface area (Å²) in [6.45, 7) is 4.70. The number of rotatable bonds is 43. The van der Waals surface area contributed by atoms with Crippen molar-refractivity contribution < 1.29 is 32.8 Å². The maximum Gasteiger partial charge on any atom is 0.472 e. The van der Waals surface area contributed by atoms with Crippen LogP contribution in [0.1, 0.15) is 181 Å². The molecule has 0 aliphatic carbocycles. The van der Waals surface area contributed by atoms with Crippen molar-refractivity contribution in [1.82, 2.24) is 0 Å². The molecule has 3 N–H and O–H groups in total. The molecule has 0 heterocycles. The minimum atomic E-state index is -4.29. The van der Waals surface area contributed by atoms with Gasteiger partial charge in [0.15, 0.2) is 0 Å². The fraction of sp³-hybridized carbons (Fsp3) is 0.694. The smallest absolute Gasteiger partial charge is 0.457 e. The first-order valence-electron chi connectivity index (χ1n) is 23.1. The third-order valence-electron chi connectivity index (χ3n) is 9.30. The molecule has 0 aliphatic heterocycles. The Hall–Kier alpha value is -2.32. The molecule has 2 atom stereocenters. The highest BCUT2D eigenvalue weighted by Gasteiger charge is 2.25. The number of esters is 1. The lowest BCUT2D eigenvalue weighted by Gasteiger charge is -2.20. The summed E-state index contributed by atoms with van der Waals surface area (Å²) in [6.07, 6.45) is 58.9. The Labute approximate surface area is 356 Å². The molecule has 58 heavy (non-hydrogen) atoms. The summed E-state index contributed by atoms with van der Waals surface area (Å²) in [5.41, 5.74) is 5.38. The van der Waals surface area contributed by atoms with Crippen LogP contribution < -0.4 is 5.73 Å². The summed E-state index contributed by atoms with van der Waals surface area (Å²) in [6, 6.07) is 0. The molecule has 0 bridgehead atoms. The minimum absolute atomic E-state index is 0.0906. The normalized spacial score (nSPS) is 14.2. The average Bonchev–Trinajstić information content (AvgIpc) is 3.21. The van der Waals surface area contributed by atoms with E-state index in [1.807, 2.05) is 0 Å². The summed E-state index contributed by atoms with van der Waals surface area (Å²) < 4.78 is 33.5. The first-order chi connectivity index (χ1) is 28.4. The summed E-state index contributed by atoms with van der Waals surface area (Å²) in [5.74, 6) is -0.347. The number of ether oxygens (including phenoxy) is 2. The Morgan fingerprint density at radius 3 is 1.45 bits per heavy atom. The van der Waals surface area contributed by atoms with Crippen molar-refractivity contribution in [2.24, 2.45) is 5.73 Å². The molecule has 0 rings (SSSR count). The fourth-order valence-electron chi connectivity index (χ4n) is 5.93. The minimum Gasteiger partial charge on any atom is -0.457 e. The van der Waals surface area contributed by atoms with E-state index < -0.39 is 13.9 Å². The van der Waals surface area contributed by atoms with Crippen LogP contribution >= 0.6 is 7.82 Å². The number of phosphoric ester groups is 1. The summed E-state index contributed by atoms with van der Waals surface area (Å²) in [4.78, 5) is 22.5. The predicted molar refractivity (Wildman–Crippen MR) is 247 cm³/mol. The highest BCUT2D eigenvalue weighted by Crippen LogP contribution is 2.43. The first-order valence-corrected chi connectivity index (χ1v) is 24.6. The average molecular weight is 832 g/mol. The van der Waals surface area contributed by atoms with Crippen molar-refractivity contribution >= 4 is 13.8 Å². The van der Waals surface area contributed by atoms with E-state index in [1.165, 1.54) is 70.6 Å². The van der Waals surface area contributed by atoms with E-state index in [9.17, 15) is 14.3 Å². The molecule has 0 fully saturated rings. The number of carbonyl (C=O) groups excluding carboxylic acids is 1. The molecule has 0 saturated carbocycles. The van der Waals surface area contributed by atoms with E-state index >= 15 is 0 Å². The lowest BCUT2D eigenvalue weighted by molar-refractivity contribution is -0.154. The first kappa shape index (κ1) is 55.7. The van der Waals surface area contributed by atoms with Gasteiger partial charge in [0.1, 0.15) is 6.10 Å². The topological polar surface area (TPSA) is 117 Å². The van der Waals surface area contributed by atoms with Crippen LogP contribution in [0.4, 0.5) is 0 Å². The predicted octanol–water partition coefficient (Wildman–Crippen LogP) is 14.1. The van der Waals surface area contributed by atoms with Gasteiger partial charge in [0.05, 0.1) is 19.8 Å². The molecule has 9 heteroatoms. The molecule has 8 nitrogen and oxygen atoms in total. The molecule has 334 valence electrons. The number of hydrogen-bond donors (Lipinski definition) is 2.